The van der Waals surface area contributed by atoms with Crippen molar-refractivity contribution in [3.63, 3.8) is 0 Å². The molecule has 1 heterocycles. The Bertz CT molecular complexity index is 688. The zero-order chi connectivity index (χ0) is 22.2. The van der Waals surface area contributed by atoms with Gasteiger partial charge >= 0.3 is 6.18 Å². The second-order valence-electron chi connectivity index (χ2n) is 5.10. The van der Waals surface area contributed by atoms with Crippen molar-refractivity contribution in [2.75, 3.05) is 13.6 Å². The fourth-order valence-corrected chi connectivity index (χ4v) is 1.53. The lowest BCUT2D eigenvalue weighted by Gasteiger charge is -2.08. The van der Waals surface area contributed by atoms with Crippen molar-refractivity contribution >= 4 is 17.7 Å². The van der Waals surface area contributed by atoms with Gasteiger partial charge in [0.2, 0.25) is 0 Å². The minimum Gasteiger partial charge on any atom is -0.343 e. The van der Waals surface area contributed by atoms with Crippen LogP contribution in [0.4, 0.5) is 13.2 Å². The SMILES string of the molecule is C/C=C(\C=NC)c1ccc(C(=O)NCC(F)(F)F)cn1.C=C.C=C/C(C)=C\C. The van der Waals surface area contributed by atoms with Crippen LogP contribution >= 0.6 is 0 Å². The fraction of sp³-hybridized carbons (Fsp3) is 0.286. The van der Waals surface area contributed by atoms with Crippen LogP contribution in [-0.4, -0.2) is 36.9 Å². The topological polar surface area (TPSA) is 54.4 Å². The molecule has 7 heteroatoms. The molecule has 0 unspecified atom stereocenters. The third-order valence-corrected chi connectivity index (χ3v) is 3.13. The molecular weight excluding hydrogens is 367 g/mol. The summed E-state index contributed by atoms with van der Waals surface area (Å²) in [6.45, 7) is 14.0. The summed E-state index contributed by atoms with van der Waals surface area (Å²) in [5.74, 6) is -0.812. The van der Waals surface area contributed by atoms with Gasteiger partial charge in [0.25, 0.3) is 5.91 Å². The van der Waals surface area contributed by atoms with E-state index in [4.69, 9.17) is 0 Å². The molecule has 0 saturated heterocycles. The molecule has 0 aliphatic heterocycles. The summed E-state index contributed by atoms with van der Waals surface area (Å²) in [7, 11) is 1.61. The third-order valence-electron chi connectivity index (χ3n) is 3.13. The lowest BCUT2D eigenvalue weighted by atomic mass is 10.1. The Morgan fingerprint density at radius 1 is 1.25 bits per heavy atom. The highest BCUT2D eigenvalue weighted by molar-refractivity contribution is 6.09. The van der Waals surface area contributed by atoms with Crippen molar-refractivity contribution < 1.29 is 18.0 Å². The van der Waals surface area contributed by atoms with E-state index >= 15 is 0 Å². The summed E-state index contributed by atoms with van der Waals surface area (Å²) in [4.78, 5) is 19.4. The summed E-state index contributed by atoms with van der Waals surface area (Å²) in [5, 5.41) is 1.78. The summed E-state index contributed by atoms with van der Waals surface area (Å²) in [6, 6.07) is 2.97. The Labute approximate surface area is 165 Å². The summed E-state index contributed by atoms with van der Waals surface area (Å²) in [5.41, 5.74) is 2.65. The number of nitrogens with zero attached hydrogens (tertiary/aromatic N) is 2. The number of nitrogens with one attached hydrogen (secondary N) is 1. The summed E-state index contributed by atoms with van der Waals surface area (Å²) in [6.07, 6.45) is 4.05. The molecule has 1 rings (SSSR count). The van der Waals surface area contributed by atoms with Crippen LogP contribution in [-0.2, 0) is 0 Å². The molecule has 0 spiro atoms. The molecular formula is C21H28F3N3O. The highest BCUT2D eigenvalue weighted by Crippen LogP contribution is 2.13. The van der Waals surface area contributed by atoms with Crippen molar-refractivity contribution in [1.29, 1.82) is 0 Å². The van der Waals surface area contributed by atoms with Crippen molar-refractivity contribution in [2.24, 2.45) is 4.99 Å². The van der Waals surface area contributed by atoms with Gasteiger partial charge in [-0.15, -0.1) is 13.2 Å². The average molecular weight is 395 g/mol. The highest BCUT2D eigenvalue weighted by atomic mass is 19.4. The van der Waals surface area contributed by atoms with E-state index in [1.807, 2.05) is 32.9 Å². The first-order valence-electron chi connectivity index (χ1n) is 8.33. The Hall–Kier alpha value is -2.96. The van der Waals surface area contributed by atoms with Crippen molar-refractivity contribution in [1.82, 2.24) is 10.3 Å². The molecule has 1 aromatic heterocycles. The molecule has 0 bridgehead atoms. The van der Waals surface area contributed by atoms with Gasteiger partial charge in [0.05, 0.1) is 11.3 Å². The van der Waals surface area contributed by atoms with Crippen LogP contribution in [0, 0.1) is 0 Å². The van der Waals surface area contributed by atoms with E-state index in [1.165, 1.54) is 17.8 Å². The number of allylic oxidation sites excluding steroid dienone is 5. The van der Waals surface area contributed by atoms with Gasteiger partial charge < -0.3 is 5.32 Å². The van der Waals surface area contributed by atoms with E-state index in [2.05, 4.69) is 29.7 Å². The molecule has 154 valence electrons. The molecule has 0 fully saturated rings. The Kier molecular flexibility index (Phi) is 14.7. The van der Waals surface area contributed by atoms with Crippen LogP contribution in [0.25, 0.3) is 5.57 Å². The predicted octanol–water partition coefficient (Wildman–Crippen LogP) is 5.42. The monoisotopic (exact) mass is 395 g/mol. The third kappa shape index (κ3) is 12.4. The molecule has 0 atom stereocenters. The van der Waals surface area contributed by atoms with Gasteiger partial charge in [0, 0.05) is 25.0 Å². The number of carbonyl (C=O) groups is 1. The van der Waals surface area contributed by atoms with Gasteiger partial charge in [-0.25, -0.2) is 0 Å². The standard InChI is InChI=1S/C13H14F3N3O.C6H10.C2H4/c1-3-9(6-17-2)11-5-4-10(7-18-11)12(20)19-8-13(14,15)16;1-4-6(3)5-2;1-2/h3-7H,8H2,1-2H3,(H,19,20);4-5H,1H2,2-3H3;1-2H2/b9-3+,17-6?;6-5-;. The van der Waals surface area contributed by atoms with Gasteiger partial charge in [0.15, 0.2) is 0 Å². The van der Waals surface area contributed by atoms with Gasteiger partial charge in [-0.2, -0.15) is 13.2 Å². The lowest BCUT2D eigenvalue weighted by molar-refractivity contribution is -0.123. The van der Waals surface area contributed by atoms with E-state index < -0.39 is 18.6 Å². The zero-order valence-electron chi connectivity index (χ0n) is 16.8. The molecule has 1 amide bonds. The molecule has 0 aromatic carbocycles. The number of pyridine rings is 1. The predicted molar refractivity (Wildman–Crippen MR) is 112 cm³/mol. The largest absolute Gasteiger partial charge is 0.405 e. The van der Waals surface area contributed by atoms with E-state index in [9.17, 15) is 18.0 Å². The molecule has 28 heavy (non-hydrogen) atoms. The zero-order valence-corrected chi connectivity index (χ0v) is 16.8. The van der Waals surface area contributed by atoms with Crippen molar-refractivity contribution in [3.05, 3.63) is 73.1 Å². The number of rotatable bonds is 5. The van der Waals surface area contributed by atoms with Crippen LogP contribution in [0.1, 0.15) is 36.8 Å². The smallest absolute Gasteiger partial charge is 0.343 e. The van der Waals surface area contributed by atoms with Gasteiger partial charge in [-0.1, -0.05) is 30.4 Å². The van der Waals surface area contributed by atoms with Crippen LogP contribution in [0.3, 0.4) is 0 Å². The average Bonchev–Trinajstić information content (AvgIpc) is 2.71. The maximum atomic E-state index is 12.0. The fourth-order valence-electron chi connectivity index (χ4n) is 1.53. The number of amides is 1. The summed E-state index contributed by atoms with van der Waals surface area (Å²) < 4.78 is 35.9. The van der Waals surface area contributed by atoms with Gasteiger partial charge in [-0.3, -0.25) is 14.8 Å². The highest BCUT2D eigenvalue weighted by Gasteiger charge is 2.27. The second kappa shape index (κ2) is 15.1. The Balaban J connectivity index is 0. The van der Waals surface area contributed by atoms with Crippen LogP contribution in [0.15, 0.2) is 66.9 Å². The van der Waals surface area contributed by atoms with Crippen molar-refractivity contribution in [3.8, 4) is 0 Å². The van der Waals surface area contributed by atoms with Crippen LogP contribution < -0.4 is 5.32 Å². The minimum absolute atomic E-state index is 0.0712. The Morgan fingerprint density at radius 2 is 1.86 bits per heavy atom. The molecule has 0 saturated carbocycles. The molecule has 1 aromatic rings. The number of halogens is 3. The van der Waals surface area contributed by atoms with Crippen molar-refractivity contribution in [2.45, 2.75) is 26.9 Å². The molecule has 4 nitrogen and oxygen atoms in total. The Morgan fingerprint density at radius 3 is 2.18 bits per heavy atom. The first-order chi connectivity index (χ1) is 13.2. The van der Waals surface area contributed by atoms with Gasteiger partial charge in [-0.05, 0) is 32.9 Å². The molecule has 1 N–H and O–H groups in total. The van der Waals surface area contributed by atoms with Gasteiger partial charge in [0.1, 0.15) is 6.54 Å². The first kappa shape index (κ1) is 27.3. The molecule has 0 aliphatic carbocycles. The number of hydrogen-bond donors (Lipinski definition) is 1. The van der Waals surface area contributed by atoms with E-state index in [1.54, 1.807) is 30.7 Å². The van der Waals surface area contributed by atoms with Crippen LogP contribution in [0.2, 0.25) is 0 Å². The maximum Gasteiger partial charge on any atom is 0.405 e. The number of carbonyl (C=O) groups excluding carboxylic acids is 1. The van der Waals surface area contributed by atoms with E-state index in [0.29, 0.717) is 5.69 Å². The van der Waals surface area contributed by atoms with E-state index in [0.717, 1.165) is 5.57 Å². The first-order valence-corrected chi connectivity index (χ1v) is 8.33. The lowest BCUT2D eigenvalue weighted by Crippen LogP contribution is -2.33. The summed E-state index contributed by atoms with van der Waals surface area (Å²) >= 11 is 0. The minimum atomic E-state index is -4.43. The maximum absolute atomic E-state index is 12.0. The quantitative estimate of drug-likeness (QED) is 0.411. The number of aliphatic imine (C=N–C) groups is 1. The number of alkyl halides is 3. The normalized spacial score (nSPS) is 11.7. The van der Waals surface area contributed by atoms with Crippen LogP contribution in [0.5, 0.6) is 0 Å². The molecule has 0 radical (unpaired) electrons. The second-order valence-corrected chi connectivity index (χ2v) is 5.10. The molecule has 0 aliphatic rings. The van der Waals surface area contributed by atoms with E-state index in [-0.39, 0.29) is 5.56 Å². The number of aromatic nitrogens is 1. The number of hydrogen-bond acceptors (Lipinski definition) is 3.